The van der Waals surface area contributed by atoms with E-state index in [1.807, 2.05) is 6.07 Å². The first-order valence-electron chi connectivity index (χ1n) is 6.41. The molecule has 7 nitrogen and oxygen atoms in total. The lowest BCUT2D eigenvalue weighted by Crippen LogP contribution is -2.34. The number of rotatable bonds is 2. The van der Waals surface area contributed by atoms with Crippen LogP contribution in [0.25, 0.3) is 11.0 Å². The highest BCUT2D eigenvalue weighted by atomic mass is 16.5. The summed E-state index contributed by atoms with van der Waals surface area (Å²) in [6.07, 6.45) is 1.59. The van der Waals surface area contributed by atoms with Crippen molar-refractivity contribution >= 4 is 22.8 Å². The van der Waals surface area contributed by atoms with Crippen LogP contribution in [0.3, 0.4) is 0 Å². The monoisotopic (exact) mass is 274 g/mol. The number of fused-ring (bicyclic) bond motifs is 1. The summed E-state index contributed by atoms with van der Waals surface area (Å²) in [4.78, 5) is 23.4. The Morgan fingerprint density at radius 3 is 3.05 bits per heavy atom. The second kappa shape index (κ2) is 4.92. The number of benzene rings is 1. The fourth-order valence-corrected chi connectivity index (χ4v) is 2.38. The summed E-state index contributed by atoms with van der Waals surface area (Å²) in [5, 5.41) is 10.5. The van der Waals surface area contributed by atoms with E-state index in [2.05, 4.69) is 15.6 Å². The Bertz CT molecular complexity index is 679. The van der Waals surface area contributed by atoms with Crippen molar-refractivity contribution < 1.29 is 14.3 Å². The molecule has 20 heavy (non-hydrogen) atoms. The number of nitrogens with one attached hydrogen (secondary N) is 1. The molecule has 0 saturated carbocycles. The van der Waals surface area contributed by atoms with Crippen LogP contribution in [0.2, 0.25) is 0 Å². The summed E-state index contributed by atoms with van der Waals surface area (Å²) in [6.45, 7) is 0. The molecule has 0 bridgehead atoms. The number of hydrogen-bond donors (Lipinski definition) is 1. The minimum atomic E-state index is -0.500. The molecule has 1 aromatic heterocycles. The van der Waals surface area contributed by atoms with Gasteiger partial charge in [-0.25, -0.2) is 4.68 Å². The van der Waals surface area contributed by atoms with Crippen molar-refractivity contribution in [3.8, 4) is 5.75 Å². The lowest BCUT2D eigenvalue weighted by atomic mass is 10.1. The fraction of sp³-hybridized carbons (Fsp3) is 0.385. The van der Waals surface area contributed by atoms with Gasteiger partial charge in [0.2, 0.25) is 5.91 Å². The van der Waals surface area contributed by atoms with E-state index in [0.29, 0.717) is 30.5 Å². The number of carbonyl (C=O) groups is 2. The molecule has 3 rings (SSSR count). The molecule has 1 fully saturated rings. The van der Waals surface area contributed by atoms with Gasteiger partial charge in [0.1, 0.15) is 17.3 Å². The van der Waals surface area contributed by atoms with Gasteiger partial charge in [0.25, 0.3) is 5.91 Å². The topological polar surface area (TPSA) is 86.1 Å². The third-order valence-corrected chi connectivity index (χ3v) is 3.42. The zero-order valence-corrected chi connectivity index (χ0v) is 11.0. The number of aromatic nitrogens is 3. The molecular weight excluding hydrogens is 260 g/mol. The van der Waals surface area contributed by atoms with Crippen molar-refractivity contribution in [2.45, 2.75) is 25.3 Å². The highest BCUT2D eigenvalue weighted by molar-refractivity contribution is 5.98. The van der Waals surface area contributed by atoms with Gasteiger partial charge in [-0.05, 0) is 25.0 Å². The highest BCUT2D eigenvalue weighted by Gasteiger charge is 2.27. The largest absolute Gasteiger partial charge is 0.497 e. The fourth-order valence-electron chi connectivity index (χ4n) is 2.38. The average molecular weight is 274 g/mol. The number of nitrogens with zero attached hydrogens (tertiary/aromatic N) is 3. The van der Waals surface area contributed by atoms with Crippen molar-refractivity contribution in [1.82, 2.24) is 20.3 Å². The summed E-state index contributed by atoms with van der Waals surface area (Å²) in [5.74, 6) is 0.128. The highest BCUT2D eigenvalue weighted by Crippen LogP contribution is 2.24. The average Bonchev–Trinajstić information content (AvgIpc) is 2.78. The smallest absolute Gasteiger partial charge is 0.251 e. The van der Waals surface area contributed by atoms with E-state index in [1.165, 1.54) is 0 Å². The third-order valence-electron chi connectivity index (χ3n) is 3.42. The Morgan fingerprint density at radius 1 is 1.40 bits per heavy atom. The van der Waals surface area contributed by atoms with Gasteiger partial charge >= 0.3 is 0 Å². The first kappa shape index (κ1) is 12.6. The Kier molecular flexibility index (Phi) is 3.09. The van der Waals surface area contributed by atoms with Crippen LogP contribution in [0, 0.1) is 0 Å². The van der Waals surface area contributed by atoms with Crippen LogP contribution in [0.4, 0.5) is 0 Å². The Balaban J connectivity index is 2.01. The quantitative estimate of drug-likeness (QED) is 0.819. The molecule has 1 aromatic carbocycles. The van der Waals surface area contributed by atoms with Crippen LogP contribution in [0.1, 0.15) is 25.3 Å². The molecule has 1 saturated heterocycles. The Hall–Kier alpha value is -2.44. The van der Waals surface area contributed by atoms with Gasteiger partial charge in [-0.2, -0.15) is 0 Å². The summed E-state index contributed by atoms with van der Waals surface area (Å²) < 4.78 is 6.70. The zero-order valence-electron chi connectivity index (χ0n) is 11.0. The second-order valence-electron chi connectivity index (χ2n) is 4.71. The normalized spacial score (nSPS) is 19.8. The number of carbonyl (C=O) groups excluding carboxylic acids is 2. The molecule has 1 atom stereocenters. The van der Waals surface area contributed by atoms with Crippen LogP contribution < -0.4 is 10.1 Å². The molecule has 1 unspecified atom stereocenters. The van der Waals surface area contributed by atoms with E-state index in [-0.39, 0.29) is 11.8 Å². The SMILES string of the molecule is COc1ccc2c(c1)nnn2C1CCCC(=O)NC1=O. The molecule has 104 valence electrons. The van der Waals surface area contributed by atoms with Gasteiger partial charge in [-0.3, -0.25) is 14.9 Å². The molecule has 0 radical (unpaired) electrons. The number of methoxy groups -OCH3 is 1. The molecule has 2 amide bonds. The van der Waals surface area contributed by atoms with E-state index < -0.39 is 6.04 Å². The van der Waals surface area contributed by atoms with Crippen molar-refractivity contribution in [3.63, 3.8) is 0 Å². The molecule has 2 aromatic rings. The minimum absolute atomic E-state index is 0.233. The number of ether oxygens (including phenoxy) is 1. The lowest BCUT2D eigenvalue weighted by Gasteiger charge is -2.13. The van der Waals surface area contributed by atoms with Crippen LogP contribution in [-0.2, 0) is 9.59 Å². The summed E-state index contributed by atoms with van der Waals surface area (Å²) in [5.41, 5.74) is 1.41. The summed E-state index contributed by atoms with van der Waals surface area (Å²) in [7, 11) is 1.58. The van der Waals surface area contributed by atoms with Gasteiger partial charge in [-0.15, -0.1) is 5.10 Å². The second-order valence-corrected chi connectivity index (χ2v) is 4.71. The predicted octanol–water partition coefficient (Wildman–Crippen LogP) is 0.808. The lowest BCUT2D eigenvalue weighted by molar-refractivity contribution is -0.131. The van der Waals surface area contributed by atoms with Gasteiger partial charge in [0.05, 0.1) is 12.6 Å². The minimum Gasteiger partial charge on any atom is -0.497 e. The third kappa shape index (κ3) is 2.11. The van der Waals surface area contributed by atoms with Crippen LogP contribution in [0.15, 0.2) is 18.2 Å². The molecular formula is C13H14N4O3. The first-order chi connectivity index (χ1) is 9.69. The van der Waals surface area contributed by atoms with E-state index >= 15 is 0 Å². The van der Waals surface area contributed by atoms with E-state index in [0.717, 1.165) is 5.52 Å². The van der Waals surface area contributed by atoms with Crippen LogP contribution in [-0.4, -0.2) is 33.9 Å². The Labute approximate surface area is 114 Å². The summed E-state index contributed by atoms with van der Waals surface area (Å²) >= 11 is 0. The van der Waals surface area contributed by atoms with Gasteiger partial charge in [0.15, 0.2) is 0 Å². The standard InChI is InChI=1S/C13H14N4O3/c1-20-8-5-6-10-9(7-8)15-16-17(10)11-3-2-4-12(18)14-13(11)19/h5-7,11H,2-4H2,1H3,(H,14,18,19). The van der Waals surface area contributed by atoms with Gasteiger partial charge < -0.3 is 4.74 Å². The molecule has 2 heterocycles. The molecule has 7 heteroatoms. The number of imide groups is 1. The van der Waals surface area contributed by atoms with E-state index in [9.17, 15) is 9.59 Å². The van der Waals surface area contributed by atoms with Crippen molar-refractivity contribution in [2.24, 2.45) is 0 Å². The van der Waals surface area contributed by atoms with Gasteiger partial charge in [-0.1, -0.05) is 5.21 Å². The van der Waals surface area contributed by atoms with Crippen LogP contribution in [0.5, 0.6) is 5.75 Å². The van der Waals surface area contributed by atoms with E-state index in [4.69, 9.17) is 4.74 Å². The Morgan fingerprint density at radius 2 is 2.25 bits per heavy atom. The molecule has 1 aliphatic heterocycles. The predicted molar refractivity (Wildman–Crippen MR) is 70.1 cm³/mol. The van der Waals surface area contributed by atoms with Crippen molar-refractivity contribution in [3.05, 3.63) is 18.2 Å². The zero-order chi connectivity index (χ0) is 14.1. The van der Waals surface area contributed by atoms with Gasteiger partial charge in [0, 0.05) is 12.5 Å². The maximum Gasteiger partial charge on any atom is 0.251 e. The number of hydrogen-bond acceptors (Lipinski definition) is 5. The van der Waals surface area contributed by atoms with E-state index in [1.54, 1.807) is 23.9 Å². The molecule has 1 N–H and O–H groups in total. The maximum absolute atomic E-state index is 12.0. The van der Waals surface area contributed by atoms with Crippen molar-refractivity contribution in [2.75, 3.05) is 7.11 Å². The first-order valence-corrected chi connectivity index (χ1v) is 6.41. The molecule has 0 aliphatic carbocycles. The summed E-state index contributed by atoms with van der Waals surface area (Å²) in [6, 6.07) is 4.87. The number of amides is 2. The molecule has 1 aliphatic rings. The van der Waals surface area contributed by atoms with Crippen LogP contribution >= 0.6 is 0 Å². The van der Waals surface area contributed by atoms with Crippen molar-refractivity contribution in [1.29, 1.82) is 0 Å². The maximum atomic E-state index is 12.0. The molecule has 0 spiro atoms.